The van der Waals surface area contributed by atoms with Crippen LogP contribution in [0.5, 0.6) is 5.75 Å². The molecule has 5 rings (SSSR count). The van der Waals surface area contributed by atoms with E-state index in [4.69, 9.17) is 4.74 Å². The van der Waals surface area contributed by atoms with E-state index >= 15 is 0 Å². The van der Waals surface area contributed by atoms with E-state index in [2.05, 4.69) is 15.3 Å². The van der Waals surface area contributed by atoms with Crippen molar-refractivity contribution in [2.24, 2.45) is 5.92 Å². The van der Waals surface area contributed by atoms with Gasteiger partial charge in [-0.2, -0.15) is 14.6 Å². The third kappa shape index (κ3) is 4.00. The molecular formula is C24H23F2N5O2. The first-order valence-corrected chi connectivity index (χ1v) is 10.7. The van der Waals surface area contributed by atoms with Gasteiger partial charge in [-0.1, -0.05) is 6.07 Å². The number of fused-ring (bicyclic) bond motifs is 2. The highest BCUT2D eigenvalue weighted by Gasteiger charge is 2.30. The minimum absolute atomic E-state index is 0.152. The number of likely N-dealkylation sites (N-methyl/N-ethyl adjacent to an activating group) is 1. The highest BCUT2D eigenvalue weighted by molar-refractivity contribution is 6.08. The monoisotopic (exact) mass is 451 g/mol. The normalized spacial score (nSPS) is 15.6. The average Bonchev–Trinajstić information content (AvgIpc) is 3.39. The number of ketones is 1. The Morgan fingerprint density at radius 1 is 1.24 bits per heavy atom. The van der Waals surface area contributed by atoms with Crippen LogP contribution in [0, 0.1) is 17.7 Å². The Hall–Kier alpha value is -3.59. The van der Waals surface area contributed by atoms with Gasteiger partial charge in [0, 0.05) is 11.9 Å². The number of halogens is 2. The second-order valence-corrected chi connectivity index (χ2v) is 8.53. The van der Waals surface area contributed by atoms with E-state index in [0.717, 1.165) is 5.52 Å². The zero-order chi connectivity index (χ0) is 23.1. The van der Waals surface area contributed by atoms with Crippen LogP contribution in [0.4, 0.5) is 8.78 Å². The number of aromatic amines is 1. The third-order valence-electron chi connectivity index (χ3n) is 5.95. The molecule has 0 saturated heterocycles. The molecule has 1 N–H and O–H groups in total. The molecule has 0 bridgehead atoms. The van der Waals surface area contributed by atoms with E-state index in [9.17, 15) is 13.6 Å². The Morgan fingerprint density at radius 2 is 2.09 bits per heavy atom. The lowest BCUT2D eigenvalue weighted by Crippen LogP contribution is -2.29. The van der Waals surface area contributed by atoms with E-state index < -0.39 is 11.9 Å². The molecule has 0 aliphatic carbocycles. The minimum Gasteiger partial charge on any atom is -0.493 e. The van der Waals surface area contributed by atoms with Crippen LogP contribution in [-0.2, 0) is 13.0 Å². The smallest absolute Gasteiger partial charge is 0.216 e. The van der Waals surface area contributed by atoms with Crippen molar-refractivity contribution < 1.29 is 18.3 Å². The second-order valence-electron chi connectivity index (χ2n) is 8.53. The first-order chi connectivity index (χ1) is 15.9. The number of hydrogen-bond donors (Lipinski definition) is 1. The SMILES string of the molecule is CN(C)CCn1nc(C(=O)C2COc3ccc(F)cc3C2)c2ccc(-c3cn[nH]c3F)cc21. The number of aromatic nitrogens is 4. The number of ether oxygens (including phenoxy) is 1. The molecular weight excluding hydrogens is 428 g/mol. The molecule has 0 amide bonds. The van der Waals surface area contributed by atoms with Crippen molar-refractivity contribution in [3.63, 3.8) is 0 Å². The van der Waals surface area contributed by atoms with Crippen molar-refractivity contribution in [2.45, 2.75) is 13.0 Å². The van der Waals surface area contributed by atoms with Gasteiger partial charge in [-0.05, 0) is 62.0 Å². The van der Waals surface area contributed by atoms with Gasteiger partial charge in [0.2, 0.25) is 5.95 Å². The lowest BCUT2D eigenvalue weighted by molar-refractivity contribution is 0.0850. The van der Waals surface area contributed by atoms with Gasteiger partial charge in [-0.15, -0.1) is 0 Å². The van der Waals surface area contributed by atoms with Gasteiger partial charge in [0.05, 0.1) is 36.3 Å². The summed E-state index contributed by atoms with van der Waals surface area (Å²) in [6.45, 7) is 1.49. The molecule has 1 unspecified atom stereocenters. The van der Waals surface area contributed by atoms with E-state index in [0.29, 0.717) is 53.0 Å². The van der Waals surface area contributed by atoms with Crippen LogP contribution < -0.4 is 4.74 Å². The number of hydrogen-bond acceptors (Lipinski definition) is 5. The van der Waals surface area contributed by atoms with Gasteiger partial charge < -0.3 is 9.64 Å². The van der Waals surface area contributed by atoms with Crippen molar-refractivity contribution in [1.29, 1.82) is 0 Å². The Bertz CT molecular complexity index is 1340. The summed E-state index contributed by atoms with van der Waals surface area (Å²) in [5, 5.41) is 11.4. The van der Waals surface area contributed by atoms with Crippen LogP contribution in [0.25, 0.3) is 22.0 Å². The predicted octanol–water partition coefficient (Wildman–Crippen LogP) is 3.70. The number of Topliss-reactive ketones (excluding diaryl/α,β-unsaturated/α-hetero) is 1. The Kier molecular flexibility index (Phi) is 5.41. The summed E-state index contributed by atoms with van der Waals surface area (Å²) in [6.07, 6.45) is 1.81. The van der Waals surface area contributed by atoms with Crippen LogP contribution in [0.2, 0.25) is 0 Å². The molecule has 4 aromatic rings. The van der Waals surface area contributed by atoms with Crippen LogP contribution >= 0.6 is 0 Å². The van der Waals surface area contributed by atoms with Crippen LogP contribution in [0.15, 0.2) is 42.6 Å². The molecule has 2 aromatic heterocycles. The van der Waals surface area contributed by atoms with Crippen molar-refractivity contribution in [1.82, 2.24) is 24.9 Å². The average molecular weight is 451 g/mol. The van der Waals surface area contributed by atoms with E-state index in [1.165, 1.54) is 18.3 Å². The minimum atomic E-state index is -0.518. The van der Waals surface area contributed by atoms with Crippen LogP contribution in [0.1, 0.15) is 16.1 Å². The molecule has 1 aliphatic rings. The van der Waals surface area contributed by atoms with Crippen LogP contribution in [-0.4, -0.2) is 57.9 Å². The molecule has 0 radical (unpaired) electrons. The maximum Gasteiger partial charge on any atom is 0.216 e. The summed E-state index contributed by atoms with van der Waals surface area (Å²) in [7, 11) is 3.92. The summed E-state index contributed by atoms with van der Waals surface area (Å²) >= 11 is 0. The lowest BCUT2D eigenvalue weighted by atomic mass is 9.90. The molecule has 2 aromatic carbocycles. The number of carbonyl (C=O) groups is 1. The predicted molar refractivity (Wildman–Crippen MR) is 119 cm³/mol. The quantitative estimate of drug-likeness (QED) is 0.453. The fourth-order valence-corrected chi connectivity index (χ4v) is 4.19. The topological polar surface area (TPSA) is 76.0 Å². The van der Waals surface area contributed by atoms with Gasteiger partial charge >= 0.3 is 0 Å². The summed E-state index contributed by atoms with van der Waals surface area (Å²) in [6, 6.07) is 9.72. The maximum atomic E-state index is 14.1. The molecule has 1 atom stereocenters. The molecule has 0 fully saturated rings. The highest BCUT2D eigenvalue weighted by Crippen LogP contribution is 2.32. The Labute approximate surface area is 189 Å². The van der Waals surface area contributed by atoms with Crippen molar-refractivity contribution >= 4 is 16.7 Å². The van der Waals surface area contributed by atoms with Gasteiger partial charge in [-0.3, -0.25) is 14.6 Å². The molecule has 33 heavy (non-hydrogen) atoms. The fourth-order valence-electron chi connectivity index (χ4n) is 4.19. The number of nitrogens with one attached hydrogen (secondary N) is 1. The number of nitrogens with zero attached hydrogens (tertiary/aromatic N) is 4. The van der Waals surface area contributed by atoms with Crippen molar-refractivity contribution in [2.75, 3.05) is 27.2 Å². The fraction of sp³-hybridized carbons (Fsp3) is 0.292. The highest BCUT2D eigenvalue weighted by atomic mass is 19.1. The molecule has 3 heterocycles. The summed E-state index contributed by atoms with van der Waals surface area (Å²) < 4.78 is 35.3. The first kappa shape index (κ1) is 21.3. The molecule has 0 spiro atoms. The van der Waals surface area contributed by atoms with Crippen LogP contribution in [0.3, 0.4) is 0 Å². The molecule has 170 valence electrons. The standard InChI is InChI=1S/C24H23F2N5O2/c1-30(2)7-8-31-20-11-14(19-12-27-28-24(19)26)3-5-18(20)22(29-31)23(32)16-9-15-10-17(25)4-6-21(15)33-13-16/h3-6,10-12,16H,7-9,13H2,1-2H3,(H,27,28). The summed E-state index contributed by atoms with van der Waals surface area (Å²) in [5.41, 5.74) is 2.75. The van der Waals surface area contributed by atoms with Gasteiger partial charge in [-0.25, -0.2) is 4.39 Å². The first-order valence-electron chi connectivity index (χ1n) is 10.7. The van der Waals surface area contributed by atoms with Gasteiger partial charge in [0.1, 0.15) is 17.3 Å². The van der Waals surface area contributed by atoms with Gasteiger partial charge in [0.25, 0.3) is 0 Å². The number of carbonyl (C=O) groups excluding carboxylic acids is 1. The van der Waals surface area contributed by atoms with Crippen molar-refractivity contribution in [3.05, 3.63) is 65.6 Å². The zero-order valence-electron chi connectivity index (χ0n) is 18.3. The lowest BCUT2D eigenvalue weighted by Gasteiger charge is -2.24. The molecule has 7 nitrogen and oxygen atoms in total. The van der Waals surface area contributed by atoms with Gasteiger partial charge in [0.15, 0.2) is 5.78 Å². The maximum absolute atomic E-state index is 14.1. The van der Waals surface area contributed by atoms with E-state index in [1.807, 2.05) is 25.1 Å². The second kappa shape index (κ2) is 8.40. The Morgan fingerprint density at radius 3 is 2.85 bits per heavy atom. The number of H-pyrrole nitrogens is 1. The van der Waals surface area contributed by atoms with E-state index in [-0.39, 0.29) is 18.2 Å². The molecule has 0 saturated carbocycles. The largest absolute Gasteiger partial charge is 0.493 e. The third-order valence-corrected chi connectivity index (χ3v) is 5.95. The molecule has 1 aliphatic heterocycles. The number of rotatable bonds is 6. The summed E-state index contributed by atoms with van der Waals surface area (Å²) in [5.74, 6) is -0.891. The zero-order valence-corrected chi connectivity index (χ0v) is 18.3. The molecule has 9 heteroatoms. The Balaban J connectivity index is 1.53. The van der Waals surface area contributed by atoms with E-state index in [1.54, 1.807) is 22.9 Å². The summed E-state index contributed by atoms with van der Waals surface area (Å²) in [4.78, 5) is 15.5. The number of benzene rings is 2. The van der Waals surface area contributed by atoms with Crippen molar-refractivity contribution in [3.8, 4) is 16.9 Å².